The van der Waals surface area contributed by atoms with Crippen molar-refractivity contribution in [3.63, 3.8) is 0 Å². The van der Waals surface area contributed by atoms with E-state index < -0.39 is 41.7 Å². The number of carbonyl (C=O) groups is 4. The number of likely N-dealkylation sites (tertiary alicyclic amines) is 1. The Labute approximate surface area is 276 Å². The fourth-order valence-corrected chi connectivity index (χ4v) is 7.34. The van der Waals surface area contributed by atoms with Crippen LogP contribution in [-0.4, -0.2) is 82.6 Å². The molecule has 1 spiro atoms. The highest BCUT2D eigenvalue weighted by atomic mass is 16.6. The molecule has 5 rings (SSSR count). The lowest BCUT2D eigenvalue weighted by Crippen LogP contribution is -2.56. The van der Waals surface area contributed by atoms with Crippen molar-refractivity contribution in [1.82, 2.24) is 15.1 Å². The van der Waals surface area contributed by atoms with E-state index in [1.54, 1.807) is 22.0 Å². The monoisotopic (exact) mass is 643 g/mol. The lowest BCUT2D eigenvalue weighted by Gasteiger charge is -2.37. The molecule has 0 aromatic heterocycles. The summed E-state index contributed by atoms with van der Waals surface area (Å²) < 4.78 is 12.7. The van der Waals surface area contributed by atoms with Gasteiger partial charge in [0, 0.05) is 32.7 Å². The standard InChI is InChI=1S/C37H45N3O7/c1-3-5-18-30(42)38-24-29(27-16-10-7-11-17-27)46-36(45)31-28-19-20-37(47-28)32(31)34(43)40(22-12-13-23-41)33(37)35(44)39(21-4-2)25-26-14-8-6-9-15-26/h3-4,6-11,14-17,28-29,31-33,41H,1-2,5,12-13,18-25H2,(H,38,42)/t28-,29+,31+,32+,33-,37+/m1/s1. The predicted molar refractivity (Wildman–Crippen MR) is 175 cm³/mol. The van der Waals surface area contributed by atoms with Crippen LogP contribution in [0.1, 0.15) is 55.8 Å². The molecule has 0 saturated carbocycles. The van der Waals surface area contributed by atoms with Crippen LogP contribution < -0.4 is 5.32 Å². The van der Waals surface area contributed by atoms with Crippen LogP contribution in [0.15, 0.2) is 86.0 Å². The summed E-state index contributed by atoms with van der Waals surface area (Å²) in [6.07, 6.45) is 4.69. The number of hydrogen-bond donors (Lipinski definition) is 2. The Morgan fingerprint density at radius 3 is 2.49 bits per heavy atom. The van der Waals surface area contributed by atoms with Gasteiger partial charge in [-0.2, -0.15) is 0 Å². The average molecular weight is 644 g/mol. The van der Waals surface area contributed by atoms with Gasteiger partial charge in [0.25, 0.3) is 0 Å². The van der Waals surface area contributed by atoms with Crippen molar-refractivity contribution in [2.45, 2.75) is 68.9 Å². The van der Waals surface area contributed by atoms with E-state index in [1.165, 1.54) is 0 Å². The summed E-state index contributed by atoms with van der Waals surface area (Å²) in [5.41, 5.74) is 0.467. The first-order valence-corrected chi connectivity index (χ1v) is 16.5. The lowest BCUT2D eigenvalue weighted by molar-refractivity contribution is -0.160. The van der Waals surface area contributed by atoms with Gasteiger partial charge in [-0.25, -0.2) is 0 Å². The van der Waals surface area contributed by atoms with E-state index in [0.29, 0.717) is 44.2 Å². The molecule has 250 valence electrons. The van der Waals surface area contributed by atoms with E-state index >= 15 is 0 Å². The number of hydrogen-bond acceptors (Lipinski definition) is 7. The van der Waals surface area contributed by atoms with Gasteiger partial charge >= 0.3 is 5.97 Å². The SMILES string of the molecule is C=CCCC(=O)NC[C@H](OC(=O)[C@@H]1[C@H]2C(=O)N(CCCCO)[C@H](C(=O)N(CC=C)Cc3ccccc3)[C@]23CC[C@H]1O3)c1ccccc1. The summed E-state index contributed by atoms with van der Waals surface area (Å²) in [7, 11) is 0. The van der Waals surface area contributed by atoms with E-state index in [4.69, 9.17) is 9.47 Å². The van der Waals surface area contributed by atoms with Gasteiger partial charge in [0.05, 0.1) is 24.5 Å². The number of carbonyl (C=O) groups excluding carboxylic acids is 4. The van der Waals surface area contributed by atoms with E-state index in [-0.39, 0.29) is 50.4 Å². The summed E-state index contributed by atoms with van der Waals surface area (Å²) in [6.45, 7) is 8.40. The number of esters is 1. The largest absolute Gasteiger partial charge is 0.455 e. The third-order valence-electron chi connectivity index (χ3n) is 9.48. The van der Waals surface area contributed by atoms with E-state index in [1.807, 2.05) is 60.7 Å². The number of benzene rings is 2. The van der Waals surface area contributed by atoms with Crippen LogP contribution in [0.4, 0.5) is 0 Å². The average Bonchev–Trinajstić information content (AvgIpc) is 3.73. The fraction of sp³-hybridized carbons (Fsp3) is 0.459. The number of aliphatic hydroxyl groups excluding tert-OH is 1. The van der Waals surface area contributed by atoms with Crippen LogP contribution in [0, 0.1) is 11.8 Å². The molecule has 3 fully saturated rings. The van der Waals surface area contributed by atoms with Crippen LogP contribution in [0.2, 0.25) is 0 Å². The number of amides is 3. The third-order valence-corrected chi connectivity index (χ3v) is 9.48. The summed E-state index contributed by atoms with van der Waals surface area (Å²) >= 11 is 0. The van der Waals surface area contributed by atoms with Gasteiger partial charge in [0.1, 0.15) is 17.7 Å². The van der Waals surface area contributed by atoms with Crippen LogP contribution in [-0.2, 0) is 35.2 Å². The second-order valence-corrected chi connectivity index (χ2v) is 12.5. The smallest absolute Gasteiger partial charge is 0.313 e. The first kappa shape index (κ1) is 34.1. The molecule has 0 aliphatic carbocycles. The van der Waals surface area contributed by atoms with Gasteiger partial charge in [-0.1, -0.05) is 72.8 Å². The zero-order valence-electron chi connectivity index (χ0n) is 26.8. The Balaban J connectivity index is 1.42. The minimum atomic E-state index is -1.18. The van der Waals surface area contributed by atoms with E-state index in [9.17, 15) is 24.3 Å². The number of nitrogens with one attached hydrogen (secondary N) is 1. The second kappa shape index (κ2) is 15.5. The maximum atomic E-state index is 14.5. The number of unbranched alkanes of at least 4 members (excludes halogenated alkanes) is 1. The van der Waals surface area contributed by atoms with Crippen LogP contribution in [0.25, 0.3) is 0 Å². The lowest BCUT2D eigenvalue weighted by atomic mass is 9.70. The first-order valence-electron chi connectivity index (χ1n) is 16.5. The Bertz CT molecular complexity index is 1430. The molecule has 10 heteroatoms. The number of nitrogens with zero attached hydrogens (tertiary/aromatic N) is 2. The molecule has 2 aromatic rings. The molecule has 2 N–H and O–H groups in total. The molecule has 3 heterocycles. The molecule has 3 aliphatic heterocycles. The number of allylic oxidation sites excluding steroid dienone is 1. The van der Waals surface area contributed by atoms with Gasteiger partial charge in [0.15, 0.2) is 0 Å². The molecule has 2 aromatic carbocycles. The van der Waals surface area contributed by atoms with Gasteiger partial charge in [-0.15, -0.1) is 13.2 Å². The molecule has 0 radical (unpaired) electrons. The predicted octanol–water partition coefficient (Wildman–Crippen LogP) is 3.72. The Morgan fingerprint density at radius 1 is 1.09 bits per heavy atom. The van der Waals surface area contributed by atoms with Crippen molar-refractivity contribution in [3.8, 4) is 0 Å². The van der Waals surface area contributed by atoms with Crippen molar-refractivity contribution in [3.05, 3.63) is 97.1 Å². The fourth-order valence-electron chi connectivity index (χ4n) is 7.34. The van der Waals surface area contributed by atoms with E-state index in [2.05, 4.69) is 18.5 Å². The molecular formula is C37H45N3O7. The summed E-state index contributed by atoms with van der Waals surface area (Å²) in [5.74, 6) is -3.13. The normalized spacial score (nSPS) is 24.8. The molecule has 3 amide bonds. The highest BCUT2D eigenvalue weighted by Crippen LogP contribution is 2.59. The zero-order valence-corrected chi connectivity index (χ0v) is 26.8. The number of fused-ring (bicyclic) bond motifs is 1. The Kier molecular flexibility index (Phi) is 11.3. The maximum absolute atomic E-state index is 14.5. The van der Waals surface area contributed by atoms with Crippen molar-refractivity contribution < 1.29 is 33.8 Å². The van der Waals surface area contributed by atoms with Crippen molar-refractivity contribution >= 4 is 23.7 Å². The van der Waals surface area contributed by atoms with Crippen molar-refractivity contribution in [2.75, 3.05) is 26.2 Å². The number of ether oxygens (including phenoxy) is 2. The van der Waals surface area contributed by atoms with Gasteiger partial charge in [-0.3, -0.25) is 19.2 Å². The van der Waals surface area contributed by atoms with Crippen LogP contribution in [0.5, 0.6) is 0 Å². The summed E-state index contributed by atoms with van der Waals surface area (Å²) in [5, 5.41) is 12.3. The van der Waals surface area contributed by atoms with Gasteiger partial charge < -0.3 is 29.7 Å². The van der Waals surface area contributed by atoms with Crippen molar-refractivity contribution in [2.24, 2.45) is 11.8 Å². The number of rotatable bonds is 17. The van der Waals surface area contributed by atoms with Gasteiger partial charge in [-0.05, 0) is 43.2 Å². The van der Waals surface area contributed by atoms with E-state index in [0.717, 1.165) is 5.56 Å². The maximum Gasteiger partial charge on any atom is 0.313 e. The summed E-state index contributed by atoms with van der Waals surface area (Å²) in [6, 6.07) is 17.9. The molecule has 2 bridgehead atoms. The number of aliphatic hydroxyl groups is 1. The van der Waals surface area contributed by atoms with Crippen molar-refractivity contribution in [1.29, 1.82) is 0 Å². The zero-order chi connectivity index (χ0) is 33.4. The highest BCUT2D eigenvalue weighted by molar-refractivity contribution is 5.98. The molecular weight excluding hydrogens is 598 g/mol. The summed E-state index contributed by atoms with van der Waals surface area (Å²) in [4.78, 5) is 58.6. The topological polar surface area (TPSA) is 125 Å². The third kappa shape index (κ3) is 7.18. The first-order chi connectivity index (χ1) is 22.8. The molecule has 6 atom stereocenters. The minimum absolute atomic E-state index is 0.0374. The minimum Gasteiger partial charge on any atom is -0.455 e. The Hall–Kier alpha value is -4.28. The molecule has 47 heavy (non-hydrogen) atoms. The van der Waals surface area contributed by atoms with Crippen LogP contribution >= 0.6 is 0 Å². The molecule has 10 nitrogen and oxygen atoms in total. The Morgan fingerprint density at radius 2 is 1.81 bits per heavy atom. The second-order valence-electron chi connectivity index (χ2n) is 12.5. The van der Waals surface area contributed by atoms with Gasteiger partial charge in [0.2, 0.25) is 17.7 Å². The van der Waals surface area contributed by atoms with Crippen LogP contribution in [0.3, 0.4) is 0 Å². The highest BCUT2D eigenvalue weighted by Gasteiger charge is 2.75. The quantitative estimate of drug-likeness (QED) is 0.153. The molecule has 3 aliphatic rings. The molecule has 3 saturated heterocycles. The molecule has 0 unspecified atom stereocenters.